The topological polar surface area (TPSA) is 55.4 Å². The van der Waals surface area contributed by atoms with E-state index in [-0.39, 0.29) is 6.04 Å². The zero-order valence-corrected chi connectivity index (χ0v) is 9.52. The van der Waals surface area contributed by atoms with Gasteiger partial charge in [0.25, 0.3) is 0 Å². The molecule has 2 rings (SSSR count). The first-order valence-electron chi connectivity index (χ1n) is 5.77. The summed E-state index contributed by atoms with van der Waals surface area (Å²) in [7, 11) is 0. The number of hydrogen-bond acceptors (Lipinski definition) is 4. The van der Waals surface area contributed by atoms with Crippen molar-refractivity contribution in [3.05, 3.63) is 35.9 Å². The maximum atomic E-state index is 11.3. The van der Waals surface area contributed by atoms with E-state index in [0.29, 0.717) is 19.4 Å². The first-order chi connectivity index (χ1) is 8.25. The van der Waals surface area contributed by atoms with Gasteiger partial charge in [0.05, 0.1) is 0 Å². The van der Waals surface area contributed by atoms with Crippen molar-refractivity contribution >= 4 is 11.9 Å². The molecule has 1 aromatic rings. The normalized spacial score (nSPS) is 20.1. The molecule has 0 aliphatic carbocycles. The fourth-order valence-corrected chi connectivity index (χ4v) is 1.84. The zero-order chi connectivity index (χ0) is 12.1. The summed E-state index contributed by atoms with van der Waals surface area (Å²) in [5.74, 6) is -0.870. The Hall–Kier alpha value is -1.68. The quantitative estimate of drug-likeness (QED) is 0.624. The second kappa shape index (κ2) is 5.59. The molecule has 1 atom stereocenters. The summed E-state index contributed by atoms with van der Waals surface area (Å²) in [4.78, 5) is 22.2. The third-order valence-corrected chi connectivity index (χ3v) is 2.78. The summed E-state index contributed by atoms with van der Waals surface area (Å²) in [5.41, 5.74) is 1.22. The maximum Gasteiger partial charge on any atom is 0.330 e. The molecule has 1 aromatic carbocycles. The van der Waals surface area contributed by atoms with Crippen LogP contribution < -0.4 is 5.32 Å². The van der Waals surface area contributed by atoms with Crippen molar-refractivity contribution in [1.82, 2.24) is 5.32 Å². The molecule has 1 heterocycles. The van der Waals surface area contributed by atoms with Crippen molar-refractivity contribution < 1.29 is 14.3 Å². The Bertz CT molecular complexity index is 402. The summed E-state index contributed by atoms with van der Waals surface area (Å²) in [5, 5.41) is 3.11. The molecule has 1 aliphatic rings. The minimum absolute atomic E-state index is 0.314. The molecular weight excluding hydrogens is 218 g/mol. The van der Waals surface area contributed by atoms with Crippen LogP contribution in [-0.2, 0) is 20.7 Å². The van der Waals surface area contributed by atoms with Crippen molar-refractivity contribution in [3.8, 4) is 0 Å². The summed E-state index contributed by atoms with van der Waals surface area (Å²) >= 11 is 0. The van der Waals surface area contributed by atoms with Crippen LogP contribution in [0.2, 0.25) is 0 Å². The second-order valence-corrected chi connectivity index (χ2v) is 4.07. The number of nitrogens with one attached hydrogen (secondary N) is 1. The average Bonchev–Trinajstić information content (AvgIpc) is 2.33. The molecule has 1 fully saturated rings. The molecule has 1 aliphatic heterocycles. The van der Waals surface area contributed by atoms with E-state index >= 15 is 0 Å². The fraction of sp³-hybridized carbons (Fsp3) is 0.385. The van der Waals surface area contributed by atoms with Crippen LogP contribution >= 0.6 is 0 Å². The van der Waals surface area contributed by atoms with Crippen molar-refractivity contribution in [2.75, 3.05) is 6.54 Å². The van der Waals surface area contributed by atoms with Crippen LogP contribution in [0.4, 0.5) is 0 Å². The lowest BCUT2D eigenvalue weighted by Crippen LogP contribution is -2.43. The average molecular weight is 233 g/mol. The fourth-order valence-electron chi connectivity index (χ4n) is 1.84. The first kappa shape index (κ1) is 11.8. The van der Waals surface area contributed by atoms with Gasteiger partial charge in [-0.3, -0.25) is 4.79 Å². The molecule has 0 bridgehead atoms. The number of ether oxygens (including phenoxy) is 1. The minimum atomic E-state index is -0.450. The highest BCUT2D eigenvalue weighted by atomic mass is 16.6. The van der Waals surface area contributed by atoms with Gasteiger partial charge in [0.15, 0.2) is 0 Å². The predicted molar refractivity (Wildman–Crippen MR) is 62.3 cm³/mol. The number of cyclic esters (lactones) is 2. The molecule has 1 N–H and O–H groups in total. The van der Waals surface area contributed by atoms with Crippen LogP contribution in [0.1, 0.15) is 18.4 Å². The molecular formula is C13H15NO3. The van der Waals surface area contributed by atoms with Crippen molar-refractivity contribution in [3.63, 3.8) is 0 Å². The van der Waals surface area contributed by atoms with E-state index in [9.17, 15) is 9.59 Å². The van der Waals surface area contributed by atoms with E-state index in [2.05, 4.69) is 10.1 Å². The molecule has 0 spiro atoms. The summed E-state index contributed by atoms with van der Waals surface area (Å²) in [6.07, 6.45) is 1.71. The number of rotatable bonds is 4. The SMILES string of the molecule is O=C1CC[C@H](NCCc2ccccc2)C(=O)O1. The number of benzene rings is 1. The number of carbonyl (C=O) groups is 2. The monoisotopic (exact) mass is 233 g/mol. The molecule has 0 aromatic heterocycles. The molecule has 0 unspecified atom stereocenters. The van der Waals surface area contributed by atoms with Gasteiger partial charge in [-0.1, -0.05) is 30.3 Å². The van der Waals surface area contributed by atoms with E-state index in [0.717, 1.165) is 6.42 Å². The lowest BCUT2D eigenvalue weighted by atomic mass is 10.1. The third-order valence-electron chi connectivity index (χ3n) is 2.78. The van der Waals surface area contributed by atoms with E-state index < -0.39 is 11.9 Å². The lowest BCUT2D eigenvalue weighted by molar-refractivity contribution is -0.165. The Morgan fingerprint density at radius 1 is 1.24 bits per heavy atom. The van der Waals surface area contributed by atoms with Gasteiger partial charge in [-0.25, -0.2) is 4.79 Å². The standard InChI is InChI=1S/C13H15NO3/c15-12-7-6-11(13(16)17-12)14-9-8-10-4-2-1-3-5-10/h1-5,11,14H,6-9H2/t11-/m0/s1. The van der Waals surface area contributed by atoms with Gasteiger partial charge in [-0.05, 0) is 24.9 Å². The maximum absolute atomic E-state index is 11.3. The van der Waals surface area contributed by atoms with Crippen molar-refractivity contribution in [2.45, 2.75) is 25.3 Å². The molecule has 17 heavy (non-hydrogen) atoms. The Balaban J connectivity index is 1.75. The Morgan fingerprint density at radius 3 is 2.71 bits per heavy atom. The van der Waals surface area contributed by atoms with Crippen LogP contribution in [0.25, 0.3) is 0 Å². The van der Waals surface area contributed by atoms with E-state index in [1.807, 2.05) is 30.3 Å². The number of hydrogen-bond donors (Lipinski definition) is 1. The Kier molecular flexibility index (Phi) is 3.88. The molecule has 0 saturated carbocycles. The molecule has 4 heteroatoms. The van der Waals surface area contributed by atoms with Gasteiger partial charge in [0.2, 0.25) is 0 Å². The van der Waals surface area contributed by atoms with Crippen molar-refractivity contribution in [1.29, 1.82) is 0 Å². The highest BCUT2D eigenvalue weighted by Crippen LogP contribution is 2.09. The second-order valence-electron chi connectivity index (χ2n) is 4.07. The molecule has 4 nitrogen and oxygen atoms in total. The number of esters is 2. The summed E-state index contributed by atoms with van der Waals surface area (Å²) in [6, 6.07) is 9.71. The summed E-state index contributed by atoms with van der Waals surface area (Å²) in [6.45, 7) is 0.706. The Morgan fingerprint density at radius 2 is 2.00 bits per heavy atom. The van der Waals surface area contributed by atoms with Crippen LogP contribution in [-0.4, -0.2) is 24.5 Å². The third kappa shape index (κ3) is 3.39. The summed E-state index contributed by atoms with van der Waals surface area (Å²) < 4.78 is 4.56. The van der Waals surface area contributed by atoms with Gasteiger partial charge < -0.3 is 10.1 Å². The van der Waals surface area contributed by atoms with E-state index in [1.165, 1.54) is 5.56 Å². The van der Waals surface area contributed by atoms with Crippen LogP contribution in [0.15, 0.2) is 30.3 Å². The van der Waals surface area contributed by atoms with Crippen molar-refractivity contribution in [2.24, 2.45) is 0 Å². The lowest BCUT2D eigenvalue weighted by Gasteiger charge is -2.20. The molecule has 1 saturated heterocycles. The smallest absolute Gasteiger partial charge is 0.330 e. The molecule has 0 radical (unpaired) electrons. The van der Waals surface area contributed by atoms with E-state index in [1.54, 1.807) is 0 Å². The van der Waals surface area contributed by atoms with Crippen LogP contribution in [0.3, 0.4) is 0 Å². The predicted octanol–water partition coefficient (Wildman–Crippen LogP) is 1.05. The van der Waals surface area contributed by atoms with Crippen LogP contribution in [0, 0.1) is 0 Å². The van der Waals surface area contributed by atoms with Gasteiger partial charge in [0, 0.05) is 6.42 Å². The zero-order valence-electron chi connectivity index (χ0n) is 9.52. The highest BCUT2D eigenvalue weighted by Gasteiger charge is 2.28. The minimum Gasteiger partial charge on any atom is -0.392 e. The molecule has 0 amide bonds. The van der Waals surface area contributed by atoms with E-state index in [4.69, 9.17) is 0 Å². The van der Waals surface area contributed by atoms with Gasteiger partial charge in [-0.2, -0.15) is 0 Å². The first-order valence-corrected chi connectivity index (χ1v) is 5.77. The van der Waals surface area contributed by atoms with Gasteiger partial charge in [-0.15, -0.1) is 0 Å². The van der Waals surface area contributed by atoms with Crippen LogP contribution in [0.5, 0.6) is 0 Å². The highest BCUT2D eigenvalue weighted by molar-refractivity contribution is 5.91. The van der Waals surface area contributed by atoms with Gasteiger partial charge in [0.1, 0.15) is 6.04 Å². The van der Waals surface area contributed by atoms with Gasteiger partial charge >= 0.3 is 11.9 Å². The molecule has 90 valence electrons. The number of carbonyl (C=O) groups excluding carboxylic acids is 2. The largest absolute Gasteiger partial charge is 0.392 e. The Labute approximate surface area is 100.0 Å².